The Morgan fingerprint density at radius 1 is 1.00 bits per heavy atom. The van der Waals surface area contributed by atoms with Gasteiger partial charge in [0, 0.05) is 12.5 Å². The molecule has 0 radical (unpaired) electrons. The Hall–Kier alpha value is -1.68. The molecule has 3 atom stereocenters. The SMILES string of the molecule is NC1CCCCCC1N1C(=O)CC(c2ccccc2)C1=O. The molecular weight excluding hydrogens is 264 g/mol. The topological polar surface area (TPSA) is 63.4 Å². The molecule has 1 aliphatic carbocycles. The molecule has 1 aliphatic heterocycles. The van der Waals surface area contributed by atoms with Crippen molar-refractivity contribution in [1.82, 2.24) is 4.90 Å². The number of nitrogens with zero attached hydrogens (tertiary/aromatic N) is 1. The molecule has 4 heteroatoms. The molecule has 1 saturated heterocycles. The van der Waals surface area contributed by atoms with Crippen molar-refractivity contribution in [3.05, 3.63) is 35.9 Å². The molecule has 21 heavy (non-hydrogen) atoms. The number of benzene rings is 1. The molecule has 0 spiro atoms. The number of carbonyl (C=O) groups excluding carboxylic acids is 2. The lowest BCUT2D eigenvalue weighted by atomic mass is 9.97. The lowest BCUT2D eigenvalue weighted by Crippen LogP contribution is -2.50. The van der Waals surface area contributed by atoms with E-state index in [-0.39, 0.29) is 36.2 Å². The van der Waals surface area contributed by atoms with Crippen molar-refractivity contribution in [2.45, 2.75) is 56.5 Å². The maximum atomic E-state index is 12.7. The molecule has 2 aliphatic rings. The largest absolute Gasteiger partial charge is 0.326 e. The molecule has 1 aromatic carbocycles. The summed E-state index contributed by atoms with van der Waals surface area (Å²) in [4.78, 5) is 26.6. The van der Waals surface area contributed by atoms with Gasteiger partial charge in [0.25, 0.3) is 0 Å². The first-order chi connectivity index (χ1) is 10.2. The van der Waals surface area contributed by atoms with E-state index in [4.69, 9.17) is 5.73 Å². The third-order valence-electron chi connectivity index (χ3n) is 4.75. The fourth-order valence-corrected chi connectivity index (χ4v) is 3.58. The predicted molar refractivity (Wildman–Crippen MR) is 80.5 cm³/mol. The van der Waals surface area contributed by atoms with Crippen LogP contribution in [0.5, 0.6) is 0 Å². The third-order valence-corrected chi connectivity index (χ3v) is 4.75. The number of nitrogens with two attached hydrogens (primary N) is 1. The van der Waals surface area contributed by atoms with Crippen LogP contribution < -0.4 is 5.73 Å². The van der Waals surface area contributed by atoms with E-state index in [1.807, 2.05) is 30.3 Å². The Kier molecular flexibility index (Phi) is 4.06. The number of amides is 2. The highest BCUT2D eigenvalue weighted by Crippen LogP contribution is 2.33. The number of hydrogen-bond donors (Lipinski definition) is 1. The van der Waals surface area contributed by atoms with E-state index < -0.39 is 0 Å². The molecule has 3 rings (SSSR count). The highest BCUT2D eigenvalue weighted by Gasteiger charge is 2.44. The first-order valence-electron chi connectivity index (χ1n) is 7.85. The van der Waals surface area contributed by atoms with Crippen LogP contribution in [0.15, 0.2) is 30.3 Å². The van der Waals surface area contributed by atoms with E-state index in [9.17, 15) is 9.59 Å². The minimum absolute atomic E-state index is 0.0591. The van der Waals surface area contributed by atoms with Gasteiger partial charge in [0.1, 0.15) is 0 Å². The monoisotopic (exact) mass is 286 g/mol. The zero-order chi connectivity index (χ0) is 14.8. The second-order valence-electron chi connectivity index (χ2n) is 6.14. The summed E-state index contributed by atoms with van der Waals surface area (Å²) in [6, 6.07) is 9.40. The molecule has 112 valence electrons. The number of hydrogen-bond acceptors (Lipinski definition) is 3. The zero-order valence-electron chi connectivity index (χ0n) is 12.2. The lowest BCUT2D eigenvalue weighted by Gasteiger charge is -2.30. The molecule has 0 bridgehead atoms. The van der Waals surface area contributed by atoms with Crippen LogP contribution in [0.3, 0.4) is 0 Å². The first kappa shape index (κ1) is 14.3. The molecule has 1 aromatic rings. The fourth-order valence-electron chi connectivity index (χ4n) is 3.58. The Morgan fingerprint density at radius 2 is 1.71 bits per heavy atom. The molecule has 2 amide bonds. The maximum absolute atomic E-state index is 12.7. The van der Waals surface area contributed by atoms with Gasteiger partial charge < -0.3 is 5.73 Å². The molecule has 1 heterocycles. The molecule has 2 fully saturated rings. The van der Waals surface area contributed by atoms with Gasteiger partial charge in [-0.1, -0.05) is 49.6 Å². The maximum Gasteiger partial charge on any atom is 0.237 e. The van der Waals surface area contributed by atoms with Gasteiger partial charge in [0.05, 0.1) is 12.0 Å². The van der Waals surface area contributed by atoms with Crippen molar-refractivity contribution >= 4 is 11.8 Å². The summed E-state index contributed by atoms with van der Waals surface area (Å²) in [5.74, 6) is -0.445. The molecule has 1 saturated carbocycles. The zero-order valence-corrected chi connectivity index (χ0v) is 12.2. The second-order valence-corrected chi connectivity index (χ2v) is 6.14. The highest BCUT2D eigenvalue weighted by atomic mass is 16.2. The molecule has 4 nitrogen and oxygen atoms in total. The van der Waals surface area contributed by atoms with Crippen molar-refractivity contribution in [2.24, 2.45) is 5.73 Å². The van der Waals surface area contributed by atoms with E-state index in [1.54, 1.807) is 0 Å². The number of likely N-dealkylation sites (tertiary alicyclic amines) is 1. The number of rotatable bonds is 2. The number of carbonyl (C=O) groups is 2. The van der Waals surface area contributed by atoms with Crippen LogP contribution >= 0.6 is 0 Å². The summed E-state index contributed by atoms with van der Waals surface area (Å²) < 4.78 is 0. The van der Waals surface area contributed by atoms with E-state index in [2.05, 4.69) is 0 Å². The van der Waals surface area contributed by atoms with Crippen molar-refractivity contribution < 1.29 is 9.59 Å². The van der Waals surface area contributed by atoms with Crippen molar-refractivity contribution in [2.75, 3.05) is 0 Å². The van der Waals surface area contributed by atoms with Gasteiger partial charge in [-0.2, -0.15) is 0 Å². The van der Waals surface area contributed by atoms with Crippen LogP contribution in [0.1, 0.15) is 50.0 Å². The van der Waals surface area contributed by atoms with Gasteiger partial charge in [-0.3, -0.25) is 14.5 Å². The fraction of sp³-hybridized carbons (Fsp3) is 0.529. The van der Waals surface area contributed by atoms with Crippen LogP contribution in [0.4, 0.5) is 0 Å². The highest BCUT2D eigenvalue weighted by molar-refractivity contribution is 6.06. The van der Waals surface area contributed by atoms with Crippen LogP contribution in [0.25, 0.3) is 0 Å². The van der Waals surface area contributed by atoms with E-state index >= 15 is 0 Å². The van der Waals surface area contributed by atoms with Crippen LogP contribution in [0, 0.1) is 0 Å². The van der Waals surface area contributed by atoms with Crippen LogP contribution in [-0.2, 0) is 9.59 Å². The summed E-state index contributed by atoms with van der Waals surface area (Å²) in [7, 11) is 0. The van der Waals surface area contributed by atoms with E-state index in [0.29, 0.717) is 0 Å². The van der Waals surface area contributed by atoms with Crippen molar-refractivity contribution in [1.29, 1.82) is 0 Å². The summed E-state index contributed by atoms with van der Waals surface area (Å²) in [5, 5.41) is 0. The Balaban J connectivity index is 1.83. The minimum atomic E-state index is -0.325. The number of imide groups is 1. The smallest absolute Gasteiger partial charge is 0.237 e. The third kappa shape index (κ3) is 2.72. The standard InChI is InChI=1S/C17H22N2O2/c18-14-9-5-2-6-10-15(14)19-16(20)11-13(17(19)21)12-7-3-1-4-8-12/h1,3-4,7-8,13-15H,2,5-6,9-11,18H2. The van der Waals surface area contributed by atoms with Crippen LogP contribution in [-0.4, -0.2) is 28.8 Å². The van der Waals surface area contributed by atoms with Gasteiger partial charge in [-0.25, -0.2) is 0 Å². The predicted octanol–water partition coefficient (Wildman–Crippen LogP) is 2.19. The van der Waals surface area contributed by atoms with Crippen molar-refractivity contribution in [3.63, 3.8) is 0 Å². The second kappa shape index (κ2) is 5.98. The summed E-state index contributed by atoms with van der Waals surface area (Å²) in [6.07, 6.45) is 5.31. The lowest BCUT2D eigenvalue weighted by molar-refractivity contribution is -0.142. The Morgan fingerprint density at radius 3 is 2.48 bits per heavy atom. The van der Waals surface area contributed by atoms with Crippen LogP contribution in [0.2, 0.25) is 0 Å². The Bertz CT molecular complexity index is 529. The molecular formula is C17H22N2O2. The summed E-state index contributed by atoms with van der Waals surface area (Å²) in [5.41, 5.74) is 7.15. The van der Waals surface area contributed by atoms with Gasteiger partial charge >= 0.3 is 0 Å². The summed E-state index contributed by atoms with van der Waals surface area (Å²) >= 11 is 0. The van der Waals surface area contributed by atoms with Gasteiger partial charge in [-0.15, -0.1) is 0 Å². The Labute approximate surface area is 125 Å². The quantitative estimate of drug-likeness (QED) is 0.669. The molecule has 0 aromatic heterocycles. The normalized spacial score (nSPS) is 30.5. The van der Waals surface area contributed by atoms with Gasteiger partial charge in [0.15, 0.2) is 0 Å². The van der Waals surface area contributed by atoms with Gasteiger partial charge in [0.2, 0.25) is 11.8 Å². The summed E-state index contributed by atoms with van der Waals surface area (Å²) in [6.45, 7) is 0. The van der Waals surface area contributed by atoms with Gasteiger partial charge in [-0.05, 0) is 18.4 Å². The van der Waals surface area contributed by atoms with Crippen molar-refractivity contribution in [3.8, 4) is 0 Å². The average molecular weight is 286 g/mol. The molecule has 2 N–H and O–H groups in total. The average Bonchev–Trinajstić information content (AvgIpc) is 2.65. The molecule has 3 unspecified atom stereocenters. The van der Waals surface area contributed by atoms with E-state index in [1.165, 1.54) is 4.90 Å². The minimum Gasteiger partial charge on any atom is -0.326 e. The first-order valence-corrected chi connectivity index (χ1v) is 7.85. The van der Waals surface area contributed by atoms with E-state index in [0.717, 1.165) is 37.7 Å².